The van der Waals surface area contributed by atoms with Crippen LogP contribution in [0.1, 0.15) is 173 Å². The number of aliphatic carboxylic acids is 3. The second kappa shape index (κ2) is 58.0. The van der Waals surface area contributed by atoms with E-state index in [0.717, 1.165) is 80.9 Å². The largest absolute Gasteiger partial charge is 0.497 e. The van der Waals surface area contributed by atoms with Gasteiger partial charge in [-0.1, -0.05) is 174 Å². The van der Waals surface area contributed by atoms with Crippen molar-refractivity contribution >= 4 is 88.3 Å². The summed E-state index contributed by atoms with van der Waals surface area (Å²) in [4.78, 5) is 154. The molecule has 0 unspecified atom stereocenters. The number of carbonyl (C=O) groups excluding carboxylic acids is 9. The van der Waals surface area contributed by atoms with E-state index < -0.39 is 73.2 Å². The first-order valence-corrected chi connectivity index (χ1v) is 48.0. The zero-order chi connectivity index (χ0) is 105. The van der Waals surface area contributed by atoms with Crippen LogP contribution in [0.25, 0.3) is 0 Å². The van der Waals surface area contributed by atoms with Gasteiger partial charge in [0, 0.05) is 53.4 Å². The van der Waals surface area contributed by atoms with Gasteiger partial charge in [0.2, 0.25) is 17.7 Å². The Kier molecular flexibility index (Phi) is 43.3. The van der Waals surface area contributed by atoms with Crippen LogP contribution in [0.5, 0.6) is 51.7 Å². The Hall–Kier alpha value is -17.7. The van der Waals surface area contributed by atoms with Gasteiger partial charge in [-0.2, -0.15) is 0 Å². The minimum atomic E-state index is -1.17. The van der Waals surface area contributed by atoms with Gasteiger partial charge >= 0.3 is 35.8 Å². The zero-order valence-electron chi connectivity index (χ0n) is 82.4. The number of anilines is 3. The van der Waals surface area contributed by atoms with E-state index in [1.807, 2.05) is 54.6 Å². The highest BCUT2D eigenvalue weighted by Crippen LogP contribution is 2.29. The third-order valence-corrected chi connectivity index (χ3v) is 22.7. The maximum absolute atomic E-state index is 13.3. The van der Waals surface area contributed by atoms with Crippen molar-refractivity contribution < 1.29 is 115 Å². The molecule has 760 valence electrons. The third kappa shape index (κ3) is 37.3. The molecule has 6 N–H and O–H groups in total. The molecule has 0 spiro atoms. The van der Waals surface area contributed by atoms with E-state index in [4.69, 9.17) is 42.6 Å². The van der Waals surface area contributed by atoms with E-state index in [0.29, 0.717) is 122 Å². The van der Waals surface area contributed by atoms with E-state index >= 15 is 0 Å². The van der Waals surface area contributed by atoms with Crippen molar-refractivity contribution in [3.8, 4) is 51.7 Å². The van der Waals surface area contributed by atoms with Crippen molar-refractivity contribution in [3.63, 3.8) is 0 Å². The lowest BCUT2D eigenvalue weighted by atomic mass is 10.1. The lowest BCUT2D eigenvalue weighted by molar-refractivity contribution is -0.138. The second-order valence-corrected chi connectivity index (χ2v) is 34.0. The number of hydrogen-bond acceptors (Lipinski definition) is 21. The highest BCUT2D eigenvalue weighted by Gasteiger charge is 2.26. The second-order valence-electron chi connectivity index (χ2n) is 34.0. The van der Waals surface area contributed by atoms with E-state index in [9.17, 15) is 72.9 Å². The number of nitrogens with one attached hydrogen (secondary N) is 3. The first-order chi connectivity index (χ1) is 71.2. The van der Waals surface area contributed by atoms with Gasteiger partial charge in [-0.25, -0.2) is 14.4 Å². The van der Waals surface area contributed by atoms with Gasteiger partial charge in [0.1, 0.15) is 76.9 Å². The molecule has 0 saturated heterocycles. The number of benzene rings is 13. The Morgan fingerprint density at radius 1 is 0.265 bits per heavy atom. The Morgan fingerprint density at radius 2 is 0.585 bits per heavy atom. The first kappa shape index (κ1) is 110. The molecule has 0 fully saturated rings. The van der Waals surface area contributed by atoms with Crippen molar-refractivity contribution in [1.82, 2.24) is 14.7 Å². The van der Waals surface area contributed by atoms with Crippen molar-refractivity contribution in [2.24, 2.45) is 0 Å². The predicted molar refractivity (Wildman–Crippen MR) is 555 cm³/mol. The monoisotopic (exact) mass is 1990 g/mol. The Balaban J connectivity index is 0.000000210. The molecule has 0 aliphatic rings. The Bertz CT molecular complexity index is 6500. The van der Waals surface area contributed by atoms with E-state index in [2.05, 4.69) is 41.9 Å². The van der Waals surface area contributed by atoms with Gasteiger partial charge in [0.05, 0.1) is 71.5 Å². The summed E-state index contributed by atoms with van der Waals surface area (Å²) < 4.78 is 49.5. The van der Waals surface area contributed by atoms with Crippen LogP contribution < -0.4 is 58.6 Å². The summed E-state index contributed by atoms with van der Waals surface area (Å²) >= 11 is 0. The number of rotatable bonds is 50. The Labute approximate surface area is 853 Å². The summed E-state index contributed by atoms with van der Waals surface area (Å²) in [5.74, 6) is -2.58. The summed E-state index contributed by atoms with van der Waals surface area (Å²) in [6, 6.07) is 90.5. The molecule has 30 heteroatoms. The lowest BCUT2D eigenvalue weighted by Crippen LogP contribution is -2.35. The molecule has 0 aromatic heterocycles. The van der Waals surface area contributed by atoms with Crippen molar-refractivity contribution in [3.05, 3.63) is 394 Å². The maximum Gasteiger partial charge on any atom is 0.347 e. The molecule has 13 aromatic rings. The molecule has 0 saturated carbocycles. The molecular formula is C117H118N6O24. The molecule has 0 bridgehead atoms. The summed E-state index contributed by atoms with van der Waals surface area (Å²) in [5.41, 5.74) is 8.96. The number of hydrogen-bond donors (Lipinski definition) is 6. The average Bonchev–Trinajstić information content (AvgIpc) is 0.842. The Morgan fingerprint density at radius 3 is 0.959 bits per heavy atom. The van der Waals surface area contributed by atoms with E-state index in [1.54, 1.807) is 240 Å². The molecule has 13 rings (SSSR count). The third-order valence-electron chi connectivity index (χ3n) is 22.7. The van der Waals surface area contributed by atoms with Crippen molar-refractivity contribution in [1.29, 1.82) is 0 Å². The van der Waals surface area contributed by atoms with Crippen LogP contribution in [0.4, 0.5) is 17.1 Å². The minimum absolute atomic E-state index is 0.00647. The van der Waals surface area contributed by atoms with Crippen molar-refractivity contribution in [2.75, 3.05) is 76.7 Å². The number of carboxylic acids is 3. The van der Waals surface area contributed by atoms with Crippen LogP contribution in [-0.4, -0.2) is 162 Å². The normalized spacial score (nSPS) is 10.5. The fraction of sp³-hybridized carbons (Fsp3) is 0.231. The molecule has 6 amide bonds. The highest BCUT2D eigenvalue weighted by molar-refractivity contribution is 6.01. The maximum atomic E-state index is 13.3. The topological polar surface area (TPSA) is 394 Å². The van der Waals surface area contributed by atoms with Crippen LogP contribution in [-0.2, 0) is 74.1 Å². The minimum Gasteiger partial charge on any atom is -0.497 e. The number of methoxy groups -OCH3 is 3. The fourth-order valence-electron chi connectivity index (χ4n) is 15.0. The molecule has 0 aliphatic carbocycles. The van der Waals surface area contributed by atoms with Gasteiger partial charge in [-0.15, -0.1) is 0 Å². The number of unbranched alkanes of at least 4 members (excludes halogenated alkanes) is 6. The number of aryl methyl sites for hydroxylation is 1. The SMILES string of the molecule is CCCCCCOc1cccc(C(=O)Oc2ccc(CN(CC(=O)O)C(=O)c3ccc(NC(=O)Cc4ccc(OC)cc4)cc3)cc2)c1.CCCCCCOc1ccccc1C(=O)Oc1ccc(CN(CC(=O)O)C(=O)c2ccc(NC(=O)Cc3ccc(OC)cc3)cc2)cc1.COc1ccc(CC(=O)Nc2ccc(C(=O)N(CC(=O)O)Cc3ccc(OC(=O)c4ccc(OCCCc5ccccc5)cc4)cc3)cc2)cc1. The van der Waals surface area contributed by atoms with Gasteiger partial charge in [-0.05, 0) is 265 Å². The summed E-state index contributed by atoms with van der Waals surface area (Å²) in [6.07, 6.45) is 10.8. The number of ether oxygens (including phenoxy) is 9. The molecule has 0 heterocycles. The number of esters is 3. The van der Waals surface area contributed by atoms with Crippen LogP contribution >= 0.6 is 0 Å². The van der Waals surface area contributed by atoms with Crippen LogP contribution in [0.2, 0.25) is 0 Å². The number of para-hydroxylation sites is 1. The smallest absolute Gasteiger partial charge is 0.347 e. The number of nitrogens with zero attached hydrogens (tertiary/aromatic N) is 3. The molecule has 30 nitrogen and oxygen atoms in total. The summed E-state index contributed by atoms with van der Waals surface area (Å²) in [5, 5.41) is 36.9. The van der Waals surface area contributed by atoms with Crippen LogP contribution in [0.15, 0.2) is 322 Å². The van der Waals surface area contributed by atoms with Gasteiger partial charge < -0.3 is 88.6 Å². The van der Waals surface area contributed by atoms with Crippen molar-refractivity contribution in [2.45, 2.75) is 117 Å². The number of carboxylic acid groups (broad SMARTS) is 3. The van der Waals surface area contributed by atoms with Crippen LogP contribution in [0.3, 0.4) is 0 Å². The predicted octanol–water partition coefficient (Wildman–Crippen LogP) is 20.4. The molecule has 0 aliphatic heterocycles. The van der Waals surface area contributed by atoms with E-state index in [1.165, 1.54) is 56.7 Å². The molecule has 0 radical (unpaired) electrons. The summed E-state index contributed by atoms with van der Waals surface area (Å²) in [7, 11) is 4.72. The zero-order valence-corrected chi connectivity index (χ0v) is 82.4. The number of amides is 6. The highest BCUT2D eigenvalue weighted by atomic mass is 16.5. The average molecular weight is 1990 g/mol. The van der Waals surface area contributed by atoms with Gasteiger partial charge in [0.15, 0.2) is 0 Å². The van der Waals surface area contributed by atoms with Gasteiger partial charge in [-0.3, -0.25) is 43.2 Å². The van der Waals surface area contributed by atoms with Crippen LogP contribution in [0, 0.1) is 0 Å². The number of carbonyl (C=O) groups is 12. The van der Waals surface area contributed by atoms with E-state index in [-0.39, 0.29) is 73.3 Å². The fourth-order valence-corrected chi connectivity index (χ4v) is 15.0. The molecular weight excluding hydrogens is 1870 g/mol. The summed E-state index contributed by atoms with van der Waals surface area (Å²) in [6.45, 7) is 4.39. The first-order valence-electron chi connectivity index (χ1n) is 48.0. The quantitative estimate of drug-likeness (QED) is 0.0117. The standard InChI is InChI=1S/C41H38N2O8.2C38H40N2O8/c1-49-35-19-9-30(10-20-35)26-38(44)42-34-17-13-32(14-18-34)40(47)43(28-39(45)46)27-31-11-21-37(22-12-31)51-41(48)33-15-23-36(24-16-33)50-25-5-8-29-6-3-2-4-7-29;1-3-4-5-8-23-47-34-10-7-6-9-33(34)38(45)48-32-21-13-28(14-22-32)25-40(26-36(42)43)37(44)29-15-17-30(18-16-29)39-35(41)24-27-11-19-31(46-2)20-12-27;1-3-4-5-6-22-47-34-9-7-8-30(24-34)38(45)48-33-20-12-28(13-21-33)25-40(26-36(42)43)37(44)29-14-16-31(17-15-29)39-35(41)23-27-10-18-32(46-2)19-11-27/h2-4,6-7,9-24H,5,8,25-28H2,1H3,(H,42,44)(H,45,46);6-7,9-22H,3-5,8,23-26H2,1-2H3,(H,39,41)(H,42,43);7-21,24H,3-6,22-23,25-26H2,1-2H3,(H,39,41)(H,42,43). The molecule has 0 atom stereocenters. The molecule has 147 heavy (non-hydrogen) atoms. The van der Waals surface area contributed by atoms with Gasteiger partial charge in [0.25, 0.3) is 17.7 Å². The molecule has 13 aromatic carbocycles. The lowest BCUT2D eigenvalue weighted by Gasteiger charge is -2.21.